The first-order chi connectivity index (χ1) is 6.79. The van der Waals surface area contributed by atoms with E-state index < -0.39 is 0 Å². The third-order valence-corrected chi connectivity index (χ3v) is 2.23. The van der Waals surface area contributed by atoms with Gasteiger partial charge in [0.15, 0.2) is 0 Å². The van der Waals surface area contributed by atoms with E-state index in [9.17, 15) is 0 Å². The zero-order valence-electron chi connectivity index (χ0n) is 8.45. The van der Waals surface area contributed by atoms with E-state index in [-0.39, 0.29) is 0 Å². The lowest BCUT2D eigenvalue weighted by molar-refractivity contribution is 0.185. The molecule has 0 aliphatic rings. The van der Waals surface area contributed by atoms with Gasteiger partial charge in [0.25, 0.3) is 0 Å². The Morgan fingerprint density at radius 2 is 2.07 bits per heavy atom. The highest BCUT2D eigenvalue weighted by molar-refractivity contribution is 5.82. The van der Waals surface area contributed by atoms with E-state index in [1.807, 2.05) is 13.1 Å². The Balaban J connectivity index is 2.52. The van der Waals surface area contributed by atoms with Gasteiger partial charge in [-0.15, -0.1) is 0 Å². The lowest BCUT2D eigenvalue weighted by Crippen LogP contribution is -1.88. The molecular formula is C12H13NO. The second-order valence-corrected chi connectivity index (χ2v) is 3.44. The predicted molar refractivity (Wildman–Crippen MR) is 57.2 cm³/mol. The van der Waals surface area contributed by atoms with Crippen molar-refractivity contribution in [2.45, 2.75) is 13.5 Å². The highest BCUT2D eigenvalue weighted by Crippen LogP contribution is 2.16. The third kappa shape index (κ3) is 1.75. The molecule has 1 aromatic heterocycles. The zero-order valence-corrected chi connectivity index (χ0v) is 8.45. The van der Waals surface area contributed by atoms with Crippen molar-refractivity contribution in [3.63, 3.8) is 0 Å². The Kier molecular flexibility index (Phi) is 2.46. The Bertz CT molecular complexity index is 451. The van der Waals surface area contributed by atoms with Gasteiger partial charge in [0.1, 0.15) is 0 Å². The predicted octanol–water partition coefficient (Wildman–Crippen LogP) is 2.69. The molecule has 0 spiro atoms. The van der Waals surface area contributed by atoms with Crippen molar-refractivity contribution in [2.24, 2.45) is 0 Å². The van der Waals surface area contributed by atoms with E-state index in [4.69, 9.17) is 4.74 Å². The van der Waals surface area contributed by atoms with E-state index in [2.05, 4.69) is 29.2 Å². The summed E-state index contributed by atoms with van der Waals surface area (Å²) in [7, 11) is 1.71. The Labute approximate surface area is 83.5 Å². The molecule has 2 aromatic rings. The average Bonchev–Trinajstić information content (AvgIpc) is 2.17. The highest BCUT2D eigenvalue weighted by atomic mass is 16.5. The molecule has 0 aliphatic heterocycles. The van der Waals surface area contributed by atoms with Crippen LogP contribution in [0.15, 0.2) is 30.5 Å². The molecule has 0 saturated heterocycles. The summed E-state index contributed by atoms with van der Waals surface area (Å²) in [5.41, 5.74) is 2.25. The van der Waals surface area contributed by atoms with Crippen molar-refractivity contribution in [1.29, 1.82) is 0 Å². The van der Waals surface area contributed by atoms with Gasteiger partial charge in [0, 0.05) is 24.4 Å². The first kappa shape index (κ1) is 9.16. The number of benzene rings is 1. The maximum atomic E-state index is 5.09. The van der Waals surface area contributed by atoms with E-state index in [0.29, 0.717) is 6.61 Å². The number of nitrogens with zero attached hydrogens (tertiary/aromatic N) is 1. The summed E-state index contributed by atoms with van der Waals surface area (Å²) in [6.07, 6.45) is 1.90. The molecule has 14 heavy (non-hydrogen) atoms. The summed E-state index contributed by atoms with van der Waals surface area (Å²) < 4.78 is 5.09. The molecule has 0 bridgehead atoms. The number of methoxy groups -OCH3 is 1. The monoisotopic (exact) mass is 187 g/mol. The minimum atomic E-state index is 0.664. The van der Waals surface area contributed by atoms with Crippen LogP contribution in [0.3, 0.4) is 0 Å². The van der Waals surface area contributed by atoms with E-state index in [1.54, 1.807) is 7.11 Å². The van der Waals surface area contributed by atoms with Gasteiger partial charge in [-0.1, -0.05) is 12.1 Å². The molecular weight excluding hydrogens is 174 g/mol. The quantitative estimate of drug-likeness (QED) is 0.721. The fourth-order valence-corrected chi connectivity index (χ4v) is 1.56. The summed E-state index contributed by atoms with van der Waals surface area (Å²) in [6, 6.07) is 8.39. The molecule has 2 nitrogen and oxygen atoms in total. The fraction of sp³-hybridized carbons (Fsp3) is 0.250. The number of ether oxygens (including phenoxy) is 1. The van der Waals surface area contributed by atoms with Crippen LogP contribution in [0.25, 0.3) is 10.8 Å². The van der Waals surface area contributed by atoms with Crippen LogP contribution in [0.2, 0.25) is 0 Å². The third-order valence-electron chi connectivity index (χ3n) is 2.23. The number of fused-ring (bicyclic) bond motifs is 1. The number of hydrogen-bond acceptors (Lipinski definition) is 2. The normalized spacial score (nSPS) is 10.7. The molecule has 1 aromatic carbocycles. The molecule has 0 aliphatic carbocycles. The molecule has 0 amide bonds. The minimum absolute atomic E-state index is 0.664. The van der Waals surface area contributed by atoms with Crippen LogP contribution < -0.4 is 0 Å². The van der Waals surface area contributed by atoms with Crippen molar-refractivity contribution < 1.29 is 4.74 Å². The molecule has 0 unspecified atom stereocenters. The van der Waals surface area contributed by atoms with Gasteiger partial charge in [-0.3, -0.25) is 4.98 Å². The van der Waals surface area contributed by atoms with Crippen molar-refractivity contribution in [1.82, 2.24) is 4.98 Å². The second-order valence-electron chi connectivity index (χ2n) is 3.44. The molecule has 0 radical (unpaired) electrons. The van der Waals surface area contributed by atoms with Crippen LogP contribution >= 0.6 is 0 Å². The smallest absolute Gasteiger partial charge is 0.0713 e. The molecule has 1 heterocycles. The molecule has 2 rings (SSSR count). The van der Waals surface area contributed by atoms with Crippen LogP contribution in [-0.2, 0) is 11.3 Å². The average molecular weight is 187 g/mol. The van der Waals surface area contributed by atoms with E-state index >= 15 is 0 Å². The lowest BCUT2D eigenvalue weighted by atomic mass is 10.1. The van der Waals surface area contributed by atoms with Crippen molar-refractivity contribution in [2.75, 3.05) is 7.11 Å². The molecule has 0 fully saturated rings. The summed E-state index contributed by atoms with van der Waals surface area (Å²) >= 11 is 0. The van der Waals surface area contributed by atoms with Crippen LogP contribution in [0.5, 0.6) is 0 Å². The van der Waals surface area contributed by atoms with Crippen LogP contribution in [-0.4, -0.2) is 12.1 Å². The highest BCUT2D eigenvalue weighted by Gasteiger charge is 1.97. The van der Waals surface area contributed by atoms with Gasteiger partial charge >= 0.3 is 0 Å². The number of aromatic nitrogens is 1. The summed E-state index contributed by atoms with van der Waals surface area (Å²) in [5.74, 6) is 0. The van der Waals surface area contributed by atoms with E-state index in [1.165, 1.54) is 16.3 Å². The standard InChI is InChI=1S/C12H13NO/c1-9-5-12-6-10(8-14-2)3-4-11(12)7-13-9/h3-7H,8H2,1-2H3. The molecule has 0 N–H and O–H groups in total. The number of aryl methyl sites for hydroxylation is 1. The first-order valence-electron chi connectivity index (χ1n) is 4.64. The van der Waals surface area contributed by atoms with Gasteiger partial charge in [-0.2, -0.15) is 0 Å². The Morgan fingerprint density at radius 1 is 1.21 bits per heavy atom. The van der Waals surface area contributed by atoms with Crippen molar-refractivity contribution in [3.8, 4) is 0 Å². The number of pyridine rings is 1. The van der Waals surface area contributed by atoms with Gasteiger partial charge in [0.2, 0.25) is 0 Å². The van der Waals surface area contributed by atoms with Crippen LogP contribution in [0.1, 0.15) is 11.3 Å². The SMILES string of the molecule is COCc1ccc2cnc(C)cc2c1. The molecule has 0 atom stereocenters. The number of hydrogen-bond donors (Lipinski definition) is 0. The fourth-order valence-electron chi connectivity index (χ4n) is 1.56. The molecule has 0 saturated carbocycles. The zero-order chi connectivity index (χ0) is 9.97. The van der Waals surface area contributed by atoms with Crippen molar-refractivity contribution in [3.05, 3.63) is 41.7 Å². The van der Waals surface area contributed by atoms with Gasteiger partial charge < -0.3 is 4.74 Å². The second kappa shape index (κ2) is 3.76. The Hall–Kier alpha value is -1.41. The number of rotatable bonds is 2. The van der Waals surface area contributed by atoms with E-state index in [0.717, 1.165) is 5.69 Å². The molecule has 2 heteroatoms. The molecule has 72 valence electrons. The minimum Gasteiger partial charge on any atom is -0.380 e. The maximum Gasteiger partial charge on any atom is 0.0713 e. The Morgan fingerprint density at radius 3 is 2.86 bits per heavy atom. The maximum absolute atomic E-state index is 5.09. The van der Waals surface area contributed by atoms with Gasteiger partial charge in [-0.05, 0) is 30.0 Å². The van der Waals surface area contributed by atoms with Gasteiger partial charge in [0.05, 0.1) is 6.61 Å². The lowest BCUT2D eigenvalue weighted by Gasteiger charge is -2.02. The van der Waals surface area contributed by atoms with Gasteiger partial charge in [-0.25, -0.2) is 0 Å². The van der Waals surface area contributed by atoms with Crippen LogP contribution in [0, 0.1) is 6.92 Å². The first-order valence-corrected chi connectivity index (χ1v) is 4.64. The summed E-state index contributed by atoms with van der Waals surface area (Å²) in [4.78, 5) is 4.25. The van der Waals surface area contributed by atoms with Crippen molar-refractivity contribution >= 4 is 10.8 Å². The summed E-state index contributed by atoms with van der Waals surface area (Å²) in [6.45, 7) is 2.67. The topological polar surface area (TPSA) is 22.1 Å². The summed E-state index contributed by atoms with van der Waals surface area (Å²) in [5, 5.41) is 2.41. The largest absolute Gasteiger partial charge is 0.380 e. The van der Waals surface area contributed by atoms with Crippen LogP contribution in [0.4, 0.5) is 0 Å².